The number of hydrogen-bond donors (Lipinski definition) is 1. The molecular weight excluding hydrogens is 166 g/mol. The highest BCUT2D eigenvalue weighted by atomic mass is 28.4. The van der Waals surface area contributed by atoms with Crippen molar-refractivity contribution in [2.45, 2.75) is 45.3 Å². The van der Waals surface area contributed by atoms with Crippen molar-refractivity contribution in [1.82, 2.24) is 0 Å². The van der Waals surface area contributed by atoms with E-state index in [0.717, 1.165) is 19.6 Å². The molecule has 0 amide bonds. The lowest BCUT2D eigenvalue weighted by Gasteiger charge is -2.22. The maximum Gasteiger partial charge on any atom is 0.186 e. The molecule has 0 atom stereocenters. The Kier molecular flexibility index (Phi) is 6.71. The molecule has 74 valence electrons. The summed E-state index contributed by atoms with van der Waals surface area (Å²) in [5.74, 6) is 0. The van der Waals surface area contributed by atoms with Crippen molar-refractivity contribution >= 4 is 8.32 Å². The third-order valence-corrected chi connectivity index (χ3v) is 4.52. The van der Waals surface area contributed by atoms with Gasteiger partial charge in [-0.1, -0.05) is 13.3 Å². The highest BCUT2D eigenvalue weighted by molar-refractivity contribution is 6.71. The molecule has 0 aliphatic heterocycles. The van der Waals surface area contributed by atoms with Gasteiger partial charge in [0.2, 0.25) is 0 Å². The van der Waals surface area contributed by atoms with Crippen molar-refractivity contribution in [1.29, 1.82) is 0 Å². The van der Waals surface area contributed by atoms with E-state index in [1.165, 1.54) is 18.9 Å². The van der Waals surface area contributed by atoms with Gasteiger partial charge in [0, 0.05) is 6.61 Å². The number of hydrogen-bond acceptors (Lipinski definition) is 2. The number of rotatable bonds is 7. The lowest BCUT2D eigenvalue weighted by Crippen LogP contribution is -2.31. The van der Waals surface area contributed by atoms with Gasteiger partial charge in [-0.15, -0.1) is 0 Å². The Morgan fingerprint density at radius 2 is 1.92 bits per heavy atom. The van der Waals surface area contributed by atoms with E-state index in [2.05, 4.69) is 20.0 Å². The van der Waals surface area contributed by atoms with Crippen LogP contribution in [-0.2, 0) is 4.43 Å². The van der Waals surface area contributed by atoms with Gasteiger partial charge in [-0.25, -0.2) is 0 Å². The topological polar surface area (TPSA) is 35.2 Å². The summed E-state index contributed by atoms with van der Waals surface area (Å²) in [4.78, 5) is 0. The van der Waals surface area contributed by atoms with E-state index in [4.69, 9.17) is 10.2 Å². The van der Waals surface area contributed by atoms with Crippen LogP contribution in [0.5, 0.6) is 0 Å². The van der Waals surface area contributed by atoms with Gasteiger partial charge in [0.15, 0.2) is 8.32 Å². The standard InChI is InChI=1S/C9H23NOSi/c1-4-5-8-11-12(2,3)9-6-7-10/h4-10H2,1-3H3. The molecule has 0 bridgehead atoms. The molecule has 12 heavy (non-hydrogen) atoms. The largest absolute Gasteiger partial charge is 0.417 e. The van der Waals surface area contributed by atoms with Crippen LogP contribution in [0.15, 0.2) is 0 Å². The second-order valence-corrected chi connectivity index (χ2v) is 8.16. The molecule has 2 N–H and O–H groups in total. The van der Waals surface area contributed by atoms with E-state index in [-0.39, 0.29) is 0 Å². The molecular formula is C9H23NOSi. The summed E-state index contributed by atoms with van der Waals surface area (Å²) in [5.41, 5.74) is 5.46. The second kappa shape index (κ2) is 6.63. The van der Waals surface area contributed by atoms with E-state index >= 15 is 0 Å². The van der Waals surface area contributed by atoms with E-state index in [9.17, 15) is 0 Å². The summed E-state index contributed by atoms with van der Waals surface area (Å²) in [6, 6.07) is 1.20. The third kappa shape index (κ3) is 6.82. The van der Waals surface area contributed by atoms with Crippen LogP contribution < -0.4 is 5.73 Å². The van der Waals surface area contributed by atoms with Crippen molar-refractivity contribution in [3.63, 3.8) is 0 Å². The van der Waals surface area contributed by atoms with Gasteiger partial charge in [0.05, 0.1) is 0 Å². The molecule has 0 saturated carbocycles. The highest BCUT2D eigenvalue weighted by Gasteiger charge is 2.20. The van der Waals surface area contributed by atoms with E-state index < -0.39 is 8.32 Å². The van der Waals surface area contributed by atoms with Gasteiger partial charge in [-0.05, 0) is 38.5 Å². The molecule has 0 unspecified atom stereocenters. The smallest absolute Gasteiger partial charge is 0.186 e. The predicted octanol–water partition coefficient (Wildman–Crippen LogP) is 2.36. The molecule has 0 rings (SSSR count). The summed E-state index contributed by atoms with van der Waals surface area (Å²) in [7, 11) is -1.34. The molecule has 3 heteroatoms. The summed E-state index contributed by atoms with van der Waals surface area (Å²) in [5, 5.41) is 0. The van der Waals surface area contributed by atoms with E-state index in [1.807, 2.05) is 0 Å². The zero-order chi connectivity index (χ0) is 9.45. The van der Waals surface area contributed by atoms with Crippen molar-refractivity contribution in [3.8, 4) is 0 Å². The minimum Gasteiger partial charge on any atom is -0.417 e. The molecule has 0 heterocycles. The zero-order valence-electron chi connectivity index (χ0n) is 8.73. The summed E-state index contributed by atoms with van der Waals surface area (Å²) in [6.45, 7) is 8.49. The Morgan fingerprint density at radius 1 is 1.25 bits per heavy atom. The van der Waals surface area contributed by atoms with Crippen LogP contribution in [-0.4, -0.2) is 21.5 Å². The molecule has 0 aromatic rings. The van der Waals surface area contributed by atoms with Crippen LogP contribution in [0.25, 0.3) is 0 Å². The molecule has 0 fully saturated rings. The Labute approximate surface area is 77.6 Å². The average Bonchev–Trinajstić information content (AvgIpc) is 2.01. The van der Waals surface area contributed by atoms with Gasteiger partial charge in [0.25, 0.3) is 0 Å². The Balaban J connectivity index is 3.42. The molecule has 2 nitrogen and oxygen atoms in total. The fourth-order valence-electron chi connectivity index (χ4n) is 1.09. The SMILES string of the molecule is CCCCO[Si](C)(C)CCCN. The lowest BCUT2D eigenvalue weighted by atomic mass is 10.4. The molecule has 0 aliphatic carbocycles. The molecule has 0 aliphatic rings. The van der Waals surface area contributed by atoms with Crippen LogP contribution in [0.2, 0.25) is 19.1 Å². The minimum absolute atomic E-state index is 0.799. The maximum atomic E-state index is 5.86. The molecule has 0 aromatic carbocycles. The van der Waals surface area contributed by atoms with E-state index in [0.29, 0.717) is 0 Å². The Hall–Kier alpha value is 0.137. The average molecular weight is 189 g/mol. The third-order valence-electron chi connectivity index (χ3n) is 1.97. The van der Waals surface area contributed by atoms with Crippen LogP contribution in [0.1, 0.15) is 26.2 Å². The van der Waals surface area contributed by atoms with Crippen LogP contribution in [0.3, 0.4) is 0 Å². The molecule has 0 radical (unpaired) electrons. The summed E-state index contributed by atoms with van der Waals surface area (Å²) < 4.78 is 5.86. The normalized spacial score (nSPS) is 12.0. The van der Waals surface area contributed by atoms with Gasteiger partial charge < -0.3 is 10.2 Å². The van der Waals surface area contributed by atoms with Gasteiger partial charge >= 0.3 is 0 Å². The molecule has 0 aromatic heterocycles. The predicted molar refractivity (Wildman–Crippen MR) is 56.8 cm³/mol. The maximum absolute atomic E-state index is 5.86. The highest BCUT2D eigenvalue weighted by Crippen LogP contribution is 2.13. The summed E-state index contributed by atoms with van der Waals surface area (Å²) in [6.07, 6.45) is 3.53. The summed E-state index contributed by atoms with van der Waals surface area (Å²) >= 11 is 0. The number of nitrogens with two attached hydrogens (primary N) is 1. The van der Waals surface area contributed by atoms with Crippen LogP contribution >= 0.6 is 0 Å². The number of unbranched alkanes of at least 4 members (excludes halogenated alkanes) is 1. The quantitative estimate of drug-likeness (QED) is 0.493. The first-order chi connectivity index (χ1) is 5.62. The first-order valence-electron chi connectivity index (χ1n) is 4.96. The minimum atomic E-state index is -1.34. The van der Waals surface area contributed by atoms with Crippen molar-refractivity contribution in [2.24, 2.45) is 5.73 Å². The van der Waals surface area contributed by atoms with Gasteiger partial charge in [-0.3, -0.25) is 0 Å². The van der Waals surface area contributed by atoms with Crippen molar-refractivity contribution < 1.29 is 4.43 Å². The van der Waals surface area contributed by atoms with E-state index in [1.54, 1.807) is 0 Å². The molecule has 0 saturated heterocycles. The van der Waals surface area contributed by atoms with Gasteiger partial charge in [-0.2, -0.15) is 0 Å². The monoisotopic (exact) mass is 189 g/mol. The van der Waals surface area contributed by atoms with Gasteiger partial charge in [0.1, 0.15) is 0 Å². The Bertz CT molecular complexity index is 107. The molecule has 0 spiro atoms. The zero-order valence-corrected chi connectivity index (χ0v) is 9.73. The first kappa shape index (κ1) is 12.1. The second-order valence-electron chi connectivity index (χ2n) is 3.85. The van der Waals surface area contributed by atoms with Crippen molar-refractivity contribution in [2.75, 3.05) is 13.2 Å². The van der Waals surface area contributed by atoms with Crippen LogP contribution in [0, 0.1) is 0 Å². The lowest BCUT2D eigenvalue weighted by molar-refractivity contribution is 0.298. The Morgan fingerprint density at radius 3 is 2.42 bits per heavy atom. The first-order valence-corrected chi connectivity index (χ1v) is 8.08. The van der Waals surface area contributed by atoms with Crippen molar-refractivity contribution in [3.05, 3.63) is 0 Å². The fraction of sp³-hybridized carbons (Fsp3) is 1.00. The van der Waals surface area contributed by atoms with Crippen LogP contribution in [0.4, 0.5) is 0 Å². The fourth-order valence-corrected chi connectivity index (χ4v) is 2.99.